The molecule has 0 aliphatic carbocycles. The molecule has 3 heterocycles. The topological polar surface area (TPSA) is 37.2 Å². The predicted molar refractivity (Wildman–Crippen MR) is 112 cm³/mol. The lowest BCUT2D eigenvalue weighted by molar-refractivity contribution is 0.596. The molecular weight excluding hydrogens is 353 g/mol. The summed E-state index contributed by atoms with van der Waals surface area (Å²) in [7, 11) is 2.07. The molecule has 1 saturated heterocycles. The summed E-state index contributed by atoms with van der Waals surface area (Å²) in [5.41, 5.74) is 5.10. The molecule has 0 atom stereocenters. The monoisotopic (exact) mass is 375 g/mol. The Morgan fingerprint density at radius 3 is 2.46 bits per heavy atom. The van der Waals surface area contributed by atoms with Crippen LogP contribution in [0, 0.1) is 12.7 Å². The maximum absolute atomic E-state index is 14.1. The molecule has 142 valence electrons. The van der Waals surface area contributed by atoms with Crippen molar-refractivity contribution in [3.05, 3.63) is 60.2 Å². The summed E-state index contributed by atoms with van der Waals surface area (Å²) >= 11 is 0. The molecule has 0 spiro atoms. The smallest absolute Gasteiger partial charge is 0.156 e. The summed E-state index contributed by atoms with van der Waals surface area (Å²) in [6, 6.07) is 13.4. The molecule has 5 rings (SSSR count). The van der Waals surface area contributed by atoms with Crippen LogP contribution in [0.3, 0.4) is 0 Å². The van der Waals surface area contributed by atoms with Crippen LogP contribution in [-0.2, 0) is 7.05 Å². The van der Waals surface area contributed by atoms with Gasteiger partial charge < -0.3 is 14.4 Å². The van der Waals surface area contributed by atoms with Crippen LogP contribution in [0.4, 0.5) is 15.9 Å². The SMILES string of the molecule is Cc1ccc2c(c1)c1ncnc(N3CCN(c4ccccc4F)CC3)c1n2C. The van der Waals surface area contributed by atoms with Gasteiger partial charge in [0.1, 0.15) is 23.2 Å². The molecule has 2 aromatic carbocycles. The Balaban J connectivity index is 1.51. The van der Waals surface area contributed by atoms with E-state index in [1.807, 2.05) is 12.1 Å². The zero-order valence-electron chi connectivity index (χ0n) is 16.1. The number of halogens is 1. The van der Waals surface area contributed by atoms with Crippen LogP contribution in [0.5, 0.6) is 0 Å². The number of hydrogen-bond acceptors (Lipinski definition) is 4. The number of benzene rings is 2. The lowest BCUT2D eigenvalue weighted by Crippen LogP contribution is -2.47. The summed E-state index contributed by atoms with van der Waals surface area (Å²) in [6.45, 7) is 5.20. The minimum absolute atomic E-state index is 0.163. The molecule has 0 amide bonds. The molecule has 1 aliphatic heterocycles. The molecule has 4 aromatic rings. The number of nitrogens with zero attached hydrogens (tertiary/aromatic N) is 5. The number of para-hydroxylation sites is 1. The maximum Gasteiger partial charge on any atom is 0.156 e. The Labute approximate surface area is 163 Å². The first-order chi connectivity index (χ1) is 13.6. The van der Waals surface area contributed by atoms with Crippen LogP contribution in [0.15, 0.2) is 48.8 Å². The second-order valence-corrected chi connectivity index (χ2v) is 7.40. The summed E-state index contributed by atoms with van der Waals surface area (Å²) in [4.78, 5) is 13.6. The van der Waals surface area contributed by atoms with Crippen LogP contribution in [0.25, 0.3) is 21.9 Å². The number of rotatable bonds is 2. The Hall–Kier alpha value is -3.15. The molecule has 0 saturated carbocycles. The second-order valence-electron chi connectivity index (χ2n) is 7.40. The van der Waals surface area contributed by atoms with Gasteiger partial charge in [0.15, 0.2) is 5.82 Å². The van der Waals surface area contributed by atoms with E-state index in [1.165, 1.54) is 11.6 Å². The van der Waals surface area contributed by atoms with Gasteiger partial charge in [0.25, 0.3) is 0 Å². The lowest BCUT2D eigenvalue weighted by atomic mass is 10.1. The molecule has 5 nitrogen and oxygen atoms in total. The van der Waals surface area contributed by atoms with E-state index >= 15 is 0 Å². The molecule has 0 unspecified atom stereocenters. The number of fused-ring (bicyclic) bond motifs is 3. The highest BCUT2D eigenvalue weighted by Gasteiger charge is 2.23. The predicted octanol–water partition coefficient (Wildman–Crippen LogP) is 3.90. The molecule has 0 N–H and O–H groups in total. The number of hydrogen-bond donors (Lipinski definition) is 0. The van der Waals surface area contributed by atoms with Crippen molar-refractivity contribution in [1.82, 2.24) is 14.5 Å². The number of aromatic nitrogens is 3. The van der Waals surface area contributed by atoms with Gasteiger partial charge in [-0.3, -0.25) is 0 Å². The maximum atomic E-state index is 14.1. The van der Waals surface area contributed by atoms with Crippen molar-refractivity contribution in [2.24, 2.45) is 7.05 Å². The third-order valence-electron chi connectivity index (χ3n) is 5.68. The Morgan fingerprint density at radius 2 is 1.68 bits per heavy atom. The Bertz CT molecular complexity index is 1170. The molecule has 1 aliphatic rings. The second kappa shape index (κ2) is 6.48. The molecule has 1 fully saturated rings. The summed E-state index contributed by atoms with van der Waals surface area (Å²) in [5, 5.41) is 1.16. The van der Waals surface area contributed by atoms with Gasteiger partial charge in [0, 0.05) is 38.6 Å². The van der Waals surface area contributed by atoms with Crippen molar-refractivity contribution in [3.63, 3.8) is 0 Å². The van der Waals surface area contributed by atoms with Crippen molar-refractivity contribution < 1.29 is 4.39 Å². The summed E-state index contributed by atoms with van der Waals surface area (Å²) in [5.74, 6) is 0.791. The fourth-order valence-electron chi connectivity index (χ4n) is 4.23. The summed E-state index contributed by atoms with van der Waals surface area (Å²) in [6.07, 6.45) is 1.66. The first-order valence-corrected chi connectivity index (χ1v) is 9.57. The molecule has 0 bridgehead atoms. The van der Waals surface area contributed by atoms with Crippen LogP contribution >= 0.6 is 0 Å². The highest BCUT2D eigenvalue weighted by molar-refractivity contribution is 6.09. The van der Waals surface area contributed by atoms with Crippen molar-refractivity contribution >= 4 is 33.4 Å². The van der Waals surface area contributed by atoms with Gasteiger partial charge in [-0.15, -0.1) is 0 Å². The largest absolute Gasteiger partial charge is 0.366 e. The van der Waals surface area contributed by atoms with Gasteiger partial charge in [-0.25, -0.2) is 14.4 Å². The van der Waals surface area contributed by atoms with E-state index in [9.17, 15) is 4.39 Å². The van der Waals surface area contributed by atoms with E-state index in [0.717, 1.165) is 53.9 Å². The minimum atomic E-state index is -0.163. The Morgan fingerprint density at radius 1 is 0.929 bits per heavy atom. The van der Waals surface area contributed by atoms with Gasteiger partial charge in [-0.1, -0.05) is 23.8 Å². The van der Waals surface area contributed by atoms with Gasteiger partial charge in [-0.05, 0) is 31.2 Å². The number of piperazine rings is 1. The first kappa shape index (κ1) is 17.0. The number of anilines is 2. The average molecular weight is 375 g/mol. The highest BCUT2D eigenvalue weighted by atomic mass is 19.1. The van der Waals surface area contributed by atoms with Gasteiger partial charge >= 0.3 is 0 Å². The zero-order valence-corrected chi connectivity index (χ0v) is 16.1. The van der Waals surface area contributed by atoms with Crippen LogP contribution in [0.2, 0.25) is 0 Å². The van der Waals surface area contributed by atoms with Gasteiger partial charge in [0.2, 0.25) is 0 Å². The molecule has 2 aromatic heterocycles. The highest BCUT2D eigenvalue weighted by Crippen LogP contribution is 2.33. The van der Waals surface area contributed by atoms with Gasteiger partial charge in [0.05, 0.1) is 11.2 Å². The van der Waals surface area contributed by atoms with Crippen molar-refractivity contribution in [1.29, 1.82) is 0 Å². The van der Waals surface area contributed by atoms with E-state index in [0.29, 0.717) is 5.69 Å². The minimum Gasteiger partial charge on any atom is -0.366 e. The van der Waals surface area contributed by atoms with Crippen LogP contribution in [-0.4, -0.2) is 40.7 Å². The van der Waals surface area contributed by atoms with Crippen LogP contribution < -0.4 is 9.80 Å². The van der Waals surface area contributed by atoms with Crippen molar-refractivity contribution in [2.75, 3.05) is 36.0 Å². The fraction of sp³-hybridized carbons (Fsp3) is 0.273. The fourth-order valence-corrected chi connectivity index (χ4v) is 4.23. The van der Waals surface area contributed by atoms with E-state index in [2.05, 4.69) is 56.5 Å². The van der Waals surface area contributed by atoms with E-state index in [4.69, 9.17) is 0 Å². The molecular formula is C22H22FN5. The van der Waals surface area contributed by atoms with Crippen molar-refractivity contribution in [2.45, 2.75) is 6.92 Å². The number of aryl methyl sites for hydroxylation is 2. The third kappa shape index (κ3) is 2.59. The lowest BCUT2D eigenvalue weighted by Gasteiger charge is -2.37. The molecule has 0 radical (unpaired) electrons. The standard InChI is InChI=1S/C22H22FN5/c1-15-7-8-18-16(13-15)20-21(26(18)2)22(25-14-24-20)28-11-9-27(10-12-28)19-6-4-3-5-17(19)23/h3-8,13-14H,9-12H2,1-2H3. The normalized spacial score (nSPS) is 15.0. The van der Waals surface area contributed by atoms with E-state index in [1.54, 1.807) is 12.4 Å². The Kier molecular flexibility index (Phi) is 3.93. The molecule has 6 heteroatoms. The summed E-state index contributed by atoms with van der Waals surface area (Å²) < 4.78 is 16.3. The third-order valence-corrected chi connectivity index (χ3v) is 5.68. The average Bonchev–Trinajstić information content (AvgIpc) is 3.00. The molecule has 28 heavy (non-hydrogen) atoms. The quantitative estimate of drug-likeness (QED) is 0.533. The first-order valence-electron chi connectivity index (χ1n) is 9.57. The van der Waals surface area contributed by atoms with Gasteiger partial charge in [-0.2, -0.15) is 0 Å². The zero-order chi connectivity index (χ0) is 19.3. The van der Waals surface area contributed by atoms with E-state index < -0.39 is 0 Å². The van der Waals surface area contributed by atoms with Crippen molar-refractivity contribution in [3.8, 4) is 0 Å². The van der Waals surface area contributed by atoms with Crippen LogP contribution in [0.1, 0.15) is 5.56 Å². The van der Waals surface area contributed by atoms with E-state index in [-0.39, 0.29) is 5.82 Å².